The van der Waals surface area contributed by atoms with E-state index in [0.717, 1.165) is 0 Å². The van der Waals surface area contributed by atoms with Crippen LogP contribution in [0.4, 0.5) is 0 Å². The summed E-state index contributed by atoms with van der Waals surface area (Å²) in [6.07, 6.45) is 0.584. The number of amides is 1. The summed E-state index contributed by atoms with van der Waals surface area (Å²) in [6, 6.07) is 6.00. The summed E-state index contributed by atoms with van der Waals surface area (Å²) in [7, 11) is 1.76. The summed E-state index contributed by atoms with van der Waals surface area (Å²) in [5.41, 5.74) is 0.323. The zero-order valence-electron chi connectivity index (χ0n) is 13.8. The second-order valence-corrected chi connectivity index (χ2v) is 7.10. The second-order valence-electron chi connectivity index (χ2n) is 5.33. The maximum Gasteiger partial charge on any atom is 0.251 e. The van der Waals surface area contributed by atoms with Gasteiger partial charge in [0.05, 0.1) is 4.90 Å². The molecule has 0 atom stereocenters. The summed E-state index contributed by atoms with van der Waals surface area (Å²) in [5, 5.41) is 2.76. The Morgan fingerprint density at radius 3 is 2.65 bits per heavy atom. The average molecular weight is 343 g/mol. The van der Waals surface area contributed by atoms with E-state index in [-0.39, 0.29) is 17.3 Å². The lowest BCUT2D eigenvalue weighted by atomic mass is 10.2. The number of benzene rings is 1. The molecular weight excluding hydrogens is 318 g/mol. The van der Waals surface area contributed by atoms with Crippen LogP contribution in [0.1, 0.15) is 16.8 Å². The fraction of sp³-hybridized carbons (Fsp3) is 0.533. The zero-order valence-corrected chi connectivity index (χ0v) is 14.6. The van der Waals surface area contributed by atoms with Crippen LogP contribution in [0.25, 0.3) is 0 Å². The van der Waals surface area contributed by atoms with Gasteiger partial charge in [0.2, 0.25) is 10.0 Å². The standard InChI is InChI=1S/C15H25N3O4S/c1-18(2)10-9-16-15(19)13-6-4-7-14(12-13)23(20,21)17-8-5-11-22-3/h4,6-7,12,17H,5,8-11H2,1-3H3,(H,16,19). The van der Waals surface area contributed by atoms with E-state index in [1.54, 1.807) is 19.2 Å². The SMILES string of the molecule is COCCCNS(=O)(=O)c1cccc(C(=O)NCCN(C)C)c1. The van der Waals surface area contributed by atoms with Gasteiger partial charge >= 0.3 is 0 Å². The Hall–Kier alpha value is -1.48. The number of carbonyl (C=O) groups is 1. The minimum atomic E-state index is -3.62. The van der Waals surface area contributed by atoms with Crippen molar-refractivity contribution in [3.05, 3.63) is 29.8 Å². The number of hydrogen-bond donors (Lipinski definition) is 2. The van der Waals surface area contributed by atoms with E-state index >= 15 is 0 Å². The van der Waals surface area contributed by atoms with Crippen molar-refractivity contribution in [2.24, 2.45) is 0 Å². The van der Waals surface area contributed by atoms with Gasteiger partial charge in [-0.05, 0) is 38.7 Å². The first-order valence-electron chi connectivity index (χ1n) is 7.38. The number of nitrogens with one attached hydrogen (secondary N) is 2. The van der Waals surface area contributed by atoms with Crippen molar-refractivity contribution in [3.63, 3.8) is 0 Å². The predicted molar refractivity (Wildman–Crippen MR) is 89.0 cm³/mol. The lowest BCUT2D eigenvalue weighted by molar-refractivity contribution is 0.0951. The third kappa shape index (κ3) is 7.08. The first kappa shape index (κ1) is 19.6. The fourth-order valence-electron chi connectivity index (χ4n) is 1.81. The summed E-state index contributed by atoms with van der Waals surface area (Å²) in [4.78, 5) is 14.1. The molecule has 0 unspecified atom stereocenters. The van der Waals surface area contributed by atoms with Crippen LogP contribution in [0.2, 0.25) is 0 Å². The van der Waals surface area contributed by atoms with Crippen LogP contribution >= 0.6 is 0 Å². The van der Waals surface area contributed by atoms with Gasteiger partial charge in [0.25, 0.3) is 5.91 Å². The highest BCUT2D eigenvalue weighted by Crippen LogP contribution is 2.11. The van der Waals surface area contributed by atoms with E-state index < -0.39 is 10.0 Å². The third-order valence-corrected chi connectivity index (χ3v) is 4.53. The van der Waals surface area contributed by atoms with Crippen LogP contribution in [-0.2, 0) is 14.8 Å². The molecule has 0 heterocycles. The van der Waals surface area contributed by atoms with Crippen molar-refractivity contribution < 1.29 is 17.9 Å². The third-order valence-electron chi connectivity index (χ3n) is 3.07. The van der Waals surface area contributed by atoms with E-state index in [1.807, 2.05) is 19.0 Å². The van der Waals surface area contributed by atoms with Gasteiger partial charge in [0, 0.05) is 38.9 Å². The van der Waals surface area contributed by atoms with Gasteiger partial charge in [-0.1, -0.05) is 6.07 Å². The quantitative estimate of drug-likeness (QED) is 0.596. The van der Waals surface area contributed by atoms with Crippen LogP contribution in [0.15, 0.2) is 29.2 Å². The van der Waals surface area contributed by atoms with Crippen molar-refractivity contribution in [2.45, 2.75) is 11.3 Å². The molecule has 0 aliphatic rings. The van der Waals surface area contributed by atoms with Crippen LogP contribution in [-0.4, -0.2) is 66.7 Å². The molecule has 130 valence electrons. The Balaban J connectivity index is 2.69. The largest absolute Gasteiger partial charge is 0.385 e. The lowest BCUT2D eigenvalue weighted by Gasteiger charge is -2.11. The van der Waals surface area contributed by atoms with E-state index in [0.29, 0.717) is 31.7 Å². The van der Waals surface area contributed by atoms with E-state index in [4.69, 9.17) is 4.74 Å². The summed E-state index contributed by atoms with van der Waals surface area (Å²) >= 11 is 0. The Bertz CT molecular complexity index is 602. The van der Waals surface area contributed by atoms with Gasteiger partial charge < -0.3 is 15.0 Å². The van der Waals surface area contributed by atoms with Gasteiger partial charge in [0.15, 0.2) is 0 Å². The van der Waals surface area contributed by atoms with Crippen LogP contribution in [0.5, 0.6) is 0 Å². The van der Waals surface area contributed by atoms with Gasteiger partial charge in [-0.3, -0.25) is 4.79 Å². The molecule has 0 aliphatic carbocycles. The molecule has 7 nitrogen and oxygen atoms in total. The minimum Gasteiger partial charge on any atom is -0.385 e. The monoisotopic (exact) mass is 343 g/mol. The molecule has 1 amide bonds. The number of rotatable bonds is 10. The Morgan fingerprint density at radius 2 is 2.00 bits per heavy atom. The molecule has 0 aromatic heterocycles. The number of ether oxygens (including phenoxy) is 1. The molecule has 0 saturated heterocycles. The molecule has 0 aliphatic heterocycles. The number of likely N-dealkylation sites (N-methyl/N-ethyl adjacent to an activating group) is 1. The number of methoxy groups -OCH3 is 1. The van der Waals surface area contributed by atoms with Crippen LogP contribution in [0.3, 0.4) is 0 Å². The summed E-state index contributed by atoms with van der Waals surface area (Å²) < 4.78 is 31.7. The Labute approximate surface area is 138 Å². The van der Waals surface area contributed by atoms with Crippen LogP contribution < -0.4 is 10.0 Å². The lowest BCUT2D eigenvalue weighted by Crippen LogP contribution is -2.31. The number of hydrogen-bond acceptors (Lipinski definition) is 5. The number of nitrogens with zero attached hydrogens (tertiary/aromatic N) is 1. The molecule has 1 aromatic carbocycles. The molecule has 0 fully saturated rings. The molecule has 0 radical (unpaired) electrons. The van der Waals surface area contributed by atoms with Crippen molar-refractivity contribution in [3.8, 4) is 0 Å². The van der Waals surface area contributed by atoms with Crippen molar-refractivity contribution in [2.75, 3.05) is 47.4 Å². The highest BCUT2D eigenvalue weighted by molar-refractivity contribution is 7.89. The van der Waals surface area contributed by atoms with E-state index in [9.17, 15) is 13.2 Å². The molecule has 1 aromatic rings. The summed E-state index contributed by atoms with van der Waals surface area (Å²) in [5.74, 6) is -0.289. The first-order chi connectivity index (χ1) is 10.9. The average Bonchev–Trinajstić information content (AvgIpc) is 2.51. The van der Waals surface area contributed by atoms with E-state index in [2.05, 4.69) is 10.0 Å². The van der Waals surface area contributed by atoms with Gasteiger partial charge in [-0.25, -0.2) is 13.1 Å². The highest BCUT2D eigenvalue weighted by Gasteiger charge is 2.15. The van der Waals surface area contributed by atoms with Crippen molar-refractivity contribution in [1.82, 2.24) is 14.9 Å². The molecular formula is C15H25N3O4S. The maximum atomic E-state index is 12.2. The Kier molecular flexibility index (Phi) is 8.18. The van der Waals surface area contributed by atoms with Crippen LogP contribution in [0, 0.1) is 0 Å². The maximum absolute atomic E-state index is 12.2. The predicted octanol–water partition coefficient (Wildman–Crippen LogP) is 0.293. The topological polar surface area (TPSA) is 87.7 Å². The second kappa shape index (κ2) is 9.61. The van der Waals surface area contributed by atoms with Gasteiger partial charge in [-0.15, -0.1) is 0 Å². The first-order valence-corrected chi connectivity index (χ1v) is 8.86. The molecule has 0 spiro atoms. The van der Waals surface area contributed by atoms with Crippen molar-refractivity contribution in [1.29, 1.82) is 0 Å². The van der Waals surface area contributed by atoms with E-state index in [1.165, 1.54) is 12.1 Å². The smallest absolute Gasteiger partial charge is 0.251 e. The number of carbonyl (C=O) groups excluding carboxylic acids is 1. The fourth-order valence-corrected chi connectivity index (χ4v) is 2.93. The molecule has 0 saturated carbocycles. The van der Waals surface area contributed by atoms with Gasteiger partial charge in [-0.2, -0.15) is 0 Å². The minimum absolute atomic E-state index is 0.0789. The molecule has 1 rings (SSSR count). The normalized spacial score (nSPS) is 11.7. The molecule has 8 heteroatoms. The molecule has 23 heavy (non-hydrogen) atoms. The zero-order chi connectivity index (χ0) is 17.3. The summed E-state index contributed by atoms with van der Waals surface area (Å²) in [6.45, 7) is 1.98. The number of sulfonamides is 1. The van der Waals surface area contributed by atoms with Crippen molar-refractivity contribution >= 4 is 15.9 Å². The molecule has 0 bridgehead atoms. The Morgan fingerprint density at radius 1 is 1.26 bits per heavy atom. The van der Waals surface area contributed by atoms with Gasteiger partial charge in [0.1, 0.15) is 0 Å². The highest BCUT2D eigenvalue weighted by atomic mass is 32.2. The molecule has 2 N–H and O–H groups in total.